The Bertz CT molecular complexity index is 782. The van der Waals surface area contributed by atoms with E-state index in [4.69, 9.17) is 4.99 Å². The fourth-order valence-electron chi connectivity index (χ4n) is 9.85. The van der Waals surface area contributed by atoms with E-state index in [-0.39, 0.29) is 42.5 Å². The number of nitrogens with one attached hydrogen (secondary N) is 1. The summed E-state index contributed by atoms with van der Waals surface area (Å²) in [7, 11) is 0. The first-order chi connectivity index (χ1) is 15.8. The van der Waals surface area contributed by atoms with Crippen LogP contribution in [0.2, 0.25) is 0 Å². The topological polar surface area (TPSA) is 105 Å². The molecule has 0 radical (unpaired) electrons. The van der Waals surface area contributed by atoms with E-state index < -0.39 is 5.97 Å². The third-order valence-electron chi connectivity index (χ3n) is 9.90. The number of carboxylic acids is 1. The Hall–Kier alpha value is -1.63. The standard InChI is InChI=1S/C26H39N3O4/c30-22(27-25-7-16-1-17(8-25)3-18(2-16)9-25)13-29(15-24(32)33)14-23(31)28-26-10-19-4-20(11-26)6-21(5-19)12-26/h16-21H,1-15H2,(H,27,30)(H,28,31)(H,32,33)/p-1. The normalized spacial score (nSPS) is 45.1. The quantitative estimate of drug-likeness (QED) is 0.430. The van der Waals surface area contributed by atoms with Gasteiger partial charge in [0, 0.05) is 12.1 Å². The summed E-state index contributed by atoms with van der Waals surface area (Å²) in [6.07, 6.45) is 14.0. The third kappa shape index (κ3) is 4.42. The lowest BCUT2D eigenvalue weighted by Crippen LogP contribution is -2.61. The van der Waals surface area contributed by atoms with Crippen LogP contribution in [0.5, 0.6) is 0 Å². The molecule has 33 heavy (non-hydrogen) atoms. The summed E-state index contributed by atoms with van der Waals surface area (Å²) in [4.78, 5) is 30.7. The molecule has 0 atom stereocenters. The van der Waals surface area contributed by atoms with Gasteiger partial charge in [0.25, 0.3) is 0 Å². The Morgan fingerprint density at radius 1 is 0.788 bits per heavy atom. The number of rotatable bonds is 8. The molecule has 8 aliphatic carbocycles. The van der Waals surface area contributed by atoms with Gasteiger partial charge in [-0.2, -0.15) is 0 Å². The second-order valence-corrected chi connectivity index (χ2v) is 12.9. The molecule has 0 aliphatic heterocycles. The van der Waals surface area contributed by atoms with E-state index in [0.717, 1.165) is 56.3 Å². The minimum atomic E-state index is -1.01. The van der Waals surface area contributed by atoms with Crippen LogP contribution in [-0.2, 0) is 9.59 Å². The summed E-state index contributed by atoms with van der Waals surface area (Å²) in [5.74, 6) is 2.89. The van der Waals surface area contributed by atoms with Gasteiger partial charge in [-0.15, -0.1) is 0 Å². The van der Waals surface area contributed by atoms with Crippen LogP contribution in [0.1, 0.15) is 77.0 Å². The van der Waals surface area contributed by atoms with Gasteiger partial charge in [-0.25, -0.2) is 0 Å². The van der Waals surface area contributed by atoms with Crippen LogP contribution in [0.4, 0.5) is 0 Å². The van der Waals surface area contributed by atoms with E-state index in [1.165, 1.54) is 43.4 Å². The van der Waals surface area contributed by atoms with E-state index in [2.05, 4.69) is 5.32 Å². The summed E-state index contributed by atoms with van der Waals surface area (Å²) >= 11 is 0. The Balaban J connectivity index is 1.10. The Kier molecular flexibility index (Phi) is 5.28. The number of hydrogen-bond acceptors (Lipinski definition) is 5. The molecule has 0 spiro atoms. The van der Waals surface area contributed by atoms with Crippen molar-refractivity contribution in [1.29, 1.82) is 0 Å². The summed E-state index contributed by atoms with van der Waals surface area (Å²) in [6, 6.07) is 0. The lowest BCUT2D eigenvalue weighted by Gasteiger charge is -2.57. The second kappa shape index (κ2) is 7.96. The molecule has 0 aromatic carbocycles. The van der Waals surface area contributed by atoms with Gasteiger partial charge in [-0.3, -0.25) is 19.5 Å². The van der Waals surface area contributed by atoms with E-state index in [1.807, 2.05) is 0 Å². The second-order valence-electron chi connectivity index (χ2n) is 12.9. The molecule has 7 heteroatoms. The number of carbonyl (C=O) groups is 2. The van der Waals surface area contributed by atoms with Crippen molar-refractivity contribution in [3.8, 4) is 0 Å². The molecule has 0 aromatic rings. The maximum Gasteiger partial charge on any atom is 0.317 e. The summed E-state index contributed by atoms with van der Waals surface area (Å²) in [5.41, 5.74) is -0.323. The lowest BCUT2D eigenvalue weighted by atomic mass is 9.53. The van der Waals surface area contributed by atoms with Crippen molar-refractivity contribution >= 4 is 17.8 Å². The minimum Gasteiger partial charge on any atom is -0.861 e. The zero-order valence-corrected chi connectivity index (χ0v) is 19.6. The highest BCUT2D eigenvalue weighted by molar-refractivity contribution is 5.82. The first-order valence-electron chi connectivity index (χ1n) is 13.3. The van der Waals surface area contributed by atoms with Crippen LogP contribution in [0, 0.1) is 35.5 Å². The predicted octanol–water partition coefficient (Wildman–Crippen LogP) is 2.19. The molecule has 0 unspecified atom stereocenters. The molecule has 2 N–H and O–H groups in total. The summed E-state index contributed by atoms with van der Waals surface area (Å²) < 4.78 is 0. The van der Waals surface area contributed by atoms with Gasteiger partial charge in [0.2, 0.25) is 5.91 Å². The first kappa shape index (κ1) is 21.9. The van der Waals surface area contributed by atoms with Gasteiger partial charge in [0.1, 0.15) is 0 Å². The van der Waals surface area contributed by atoms with Gasteiger partial charge in [0.15, 0.2) is 0 Å². The van der Waals surface area contributed by atoms with Gasteiger partial charge < -0.3 is 15.5 Å². The summed E-state index contributed by atoms with van der Waals surface area (Å²) in [6.45, 7) is -0.436. The molecule has 7 nitrogen and oxygen atoms in total. The maximum atomic E-state index is 13.0. The fourth-order valence-corrected chi connectivity index (χ4v) is 9.85. The Morgan fingerprint density at radius 3 is 1.70 bits per heavy atom. The number of carboxylic acid groups (broad SMARTS) is 1. The van der Waals surface area contributed by atoms with E-state index in [0.29, 0.717) is 17.8 Å². The van der Waals surface area contributed by atoms with E-state index in [9.17, 15) is 19.8 Å². The molecule has 8 saturated carbocycles. The van der Waals surface area contributed by atoms with Crippen LogP contribution in [0.25, 0.3) is 0 Å². The zero-order valence-electron chi connectivity index (χ0n) is 19.6. The van der Waals surface area contributed by atoms with Crippen molar-refractivity contribution in [3.63, 3.8) is 0 Å². The van der Waals surface area contributed by atoms with Crippen LogP contribution in [0.3, 0.4) is 0 Å². The van der Waals surface area contributed by atoms with Crippen LogP contribution >= 0.6 is 0 Å². The van der Waals surface area contributed by atoms with Crippen LogP contribution in [-0.4, -0.2) is 58.5 Å². The smallest absolute Gasteiger partial charge is 0.317 e. The van der Waals surface area contributed by atoms with Gasteiger partial charge in [-0.05, 0) is 118 Å². The maximum absolute atomic E-state index is 13.0. The number of hydrogen-bond donors (Lipinski definition) is 2. The van der Waals surface area contributed by atoms with Crippen molar-refractivity contribution in [2.45, 2.75) is 88.1 Å². The predicted molar refractivity (Wildman–Crippen MR) is 121 cm³/mol. The molecule has 0 saturated heterocycles. The fraction of sp³-hybridized carbons (Fsp3) is 0.885. The van der Waals surface area contributed by atoms with Crippen LogP contribution < -0.4 is 10.4 Å². The monoisotopic (exact) mass is 456 g/mol. The number of carbonyl (C=O) groups excluding carboxylic acids is 1. The molecule has 0 aromatic heterocycles. The van der Waals surface area contributed by atoms with Crippen molar-refractivity contribution in [2.75, 3.05) is 19.6 Å². The summed E-state index contributed by atoms with van der Waals surface area (Å²) in [5, 5.41) is 25.7. The number of nitrogens with zero attached hydrogens (tertiary/aromatic N) is 2. The Labute approximate surface area is 196 Å². The van der Waals surface area contributed by atoms with E-state index >= 15 is 0 Å². The first-order valence-corrected chi connectivity index (χ1v) is 13.3. The number of amides is 1. The van der Waals surface area contributed by atoms with Crippen molar-refractivity contribution in [2.24, 2.45) is 40.5 Å². The minimum absolute atomic E-state index is 0.0455. The third-order valence-corrected chi connectivity index (χ3v) is 9.90. The van der Waals surface area contributed by atoms with Gasteiger partial charge in [0.05, 0.1) is 18.6 Å². The Morgan fingerprint density at radius 2 is 1.24 bits per heavy atom. The molecule has 8 fully saturated rings. The van der Waals surface area contributed by atoms with Crippen molar-refractivity contribution < 1.29 is 19.8 Å². The van der Waals surface area contributed by atoms with Gasteiger partial charge in [-0.1, -0.05) is 0 Å². The van der Waals surface area contributed by atoms with Crippen LogP contribution in [0.15, 0.2) is 4.99 Å². The van der Waals surface area contributed by atoms with E-state index in [1.54, 1.807) is 0 Å². The lowest BCUT2D eigenvalue weighted by molar-refractivity contribution is -0.221. The van der Waals surface area contributed by atoms with Gasteiger partial charge >= 0.3 is 5.97 Å². The number of aliphatic carboxylic acids is 1. The zero-order chi connectivity index (χ0) is 22.8. The number of aliphatic imine (C=N–C) groups is 1. The molecular weight excluding hydrogens is 418 g/mol. The van der Waals surface area contributed by atoms with Crippen molar-refractivity contribution in [1.82, 2.24) is 10.2 Å². The average Bonchev–Trinajstić information content (AvgIpc) is 2.63. The molecule has 1 amide bonds. The molecule has 8 rings (SSSR count). The molecule has 182 valence electrons. The highest BCUT2D eigenvalue weighted by atomic mass is 16.4. The molecule has 8 aliphatic rings. The highest BCUT2D eigenvalue weighted by Crippen LogP contribution is 2.57. The highest BCUT2D eigenvalue weighted by Gasteiger charge is 2.52. The molecule has 0 heterocycles. The average molecular weight is 457 g/mol. The molecular formula is C26H38N3O4-. The largest absolute Gasteiger partial charge is 0.861 e. The SMILES string of the molecule is O=C(O)CN(CC(=O)NC12CC3CC(CC(C3)C1)C2)CC([O-])=NC12CC3CC(CC(C3)C1)C2. The van der Waals surface area contributed by atoms with Crippen molar-refractivity contribution in [3.05, 3.63) is 0 Å². The molecule has 8 bridgehead atoms.